The molecule has 2 heterocycles. The Balaban J connectivity index is 1.51. The maximum absolute atomic E-state index is 11.0. The fourth-order valence-corrected chi connectivity index (χ4v) is 3.64. The number of piperidine rings is 1. The van der Waals surface area contributed by atoms with Gasteiger partial charge in [0, 0.05) is 56.0 Å². The molecule has 1 aromatic heterocycles. The Morgan fingerprint density at radius 3 is 2.75 bits per heavy atom. The van der Waals surface area contributed by atoms with Crippen LogP contribution < -0.4 is 5.32 Å². The minimum absolute atomic E-state index is 0.174. The Morgan fingerprint density at radius 2 is 2.07 bits per heavy atom. The van der Waals surface area contributed by atoms with Crippen molar-refractivity contribution in [3.05, 3.63) is 60.1 Å². The quantitative estimate of drug-likeness (QED) is 0.571. The van der Waals surface area contributed by atoms with Crippen LogP contribution in [0.3, 0.4) is 0 Å². The van der Waals surface area contributed by atoms with Gasteiger partial charge in [-0.1, -0.05) is 30.9 Å². The van der Waals surface area contributed by atoms with E-state index >= 15 is 0 Å². The van der Waals surface area contributed by atoms with Crippen LogP contribution in [0.25, 0.3) is 10.9 Å². The van der Waals surface area contributed by atoms with Crippen molar-refractivity contribution >= 4 is 23.1 Å². The Labute approximate surface area is 165 Å². The highest BCUT2D eigenvalue weighted by molar-refractivity contribution is 6.08. The topological polar surface area (TPSA) is 69.9 Å². The van der Waals surface area contributed by atoms with Crippen LogP contribution in [0.15, 0.2) is 59.5 Å². The first-order chi connectivity index (χ1) is 13.5. The van der Waals surface area contributed by atoms with Crippen LogP contribution in [-0.2, 0) is 18.4 Å². The molecule has 1 saturated heterocycles. The second-order valence-corrected chi connectivity index (χ2v) is 7.15. The number of aliphatic carboxylic acids is 1. The van der Waals surface area contributed by atoms with Gasteiger partial charge in [-0.3, -0.25) is 0 Å². The third-order valence-electron chi connectivity index (χ3n) is 5.33. The number of para-hydroxylation sites is 1. The van der Waals surface area contributed by atoms with Crippen LogP contribution in [0.4, 0.5) is 0 Å². The van der Waals surface area contributed by atoms with Crippen molar-refractivity contribution in [2.24, 2.45) is 12.0 Å². The molecule has 3 rings (SSSR count). The maximum atomic E-state index is 11.0. The number of nitrogens with one attached hydrogen (secondary N) is 1. The van der Waals surface area contributed by atoms with E-state index in [1.54, 1.807) is 6.92 Å². The highest BCUT2D eigenvalue weighted by atomic mass is 16.4. The van der Waals surface area contributed by atoms with Crippen molar-refractivity contribution < 1.29 is 9.90 Å². The summed E-state index contributed by atoms with van der Waals surface area (Å²) in [5.41, 5.74) is 2.75. The lowest BCUT2D eigenvalue weighted by Crippen LogP contribution is -2.41. The first kappa shape index (κ1) is 19.9. The van der Waals surface area contributed by atoms with Crippen molar-refractivity contribution in [1.82, 2.24) is 14.8 Å². The molecule has 1 aliphatic heterocycles. The van der Waals surface area contributed by atoms with E-state index in [2.05, 4.69) is 63.9 Å². The number of nitrogens with zero attached hydrogens (tertiary/aromatic N) is 3. The van der Waals surface area contributed by atoms with Crippen LogP contribution in [-0.4, -0.2) is 45.9 Å². The number of benzene rings is 1. The highest BCUT2D eigenvalue weighted by Crippen LogP contribution is 2.21. The van der Waals surface area contributed by atoms with Crippen LogP contribution in [0.2, 0.25) is 0 Å². The number of rotatable bonds is 7. The molecule has 0 radical (unpaired) electrons. The van der Waals surface area contributed by atoms with Crippen LogP contribution >= 0.6 is 0 Å². The third kappa shape index (κ3) is 4.51. The molecule has 2 aromatic rings. The van der Waals surface area contributed by atoms with Crippen LogP contribution in [0.5, 0.6) is 0 Å². The number of aliphatic imine (C=N–C) groups is 1. The van der Waals surface area contributed by atoms with E-state index in [9.17, 15) is 4.79 Å². The molecular weight excluding hydrogens is 352 g/mol. The van der Waals surface area contributed by atoms with Gasteiger partial charge in [-0.15, -0.1) is 0 Å². The number of allylic oxidation sites excluding steroid dienone is 1. The zero-order valence-electron chi connectivity index (χ0n) is 16.6. The molecule has 1 aliphatic rings. The molecule has 0 saturated carbocycles. The molecule has 0 spiro atoms. The van der Waals surface area contributed by atoms with Gasteiger partial charge < -0.3 is 19.9 Å². The van der Waals surface area contributed by atoms with E-state index in [1.165, 1.54) is 28.8 Å². The van der Waals surface area contributed by atoms with E-state index in [-0.39, 0.29) is 5.57 Å². The molecule has 2 N–H and O–H groups in total. The molecule has 0 amide bonds. The highest BCUT2D eigenvalue weighted by Gasteiger charge is 2.20. The van der Waals surface area contributed by atoms with E-state index in [4.69, 9.17) is 5.11 Å². The molecule has 1 fully saturated rings. The van der Waals surface area contributed by atoms with Gasteiger partial charge in [0.2, 0.25) is 0 Å². The van der Waals surface area contributed by atoms with Gasteiger partial charge in [-0.25, -0.2) is 9.79 Å². The first-order valence-corrected chi connectivity index (χ1v) is 9.63. The average Bonchev–Trinajstić information content (AvgIpc) is 3.03. The van der Waals surface area contributed by atoms with E-state index < -0.39 is 5.97 Å². The average molecular weight is 380 g/mol. The number of aromatic nitrogens is 1. The summed E-state index contributed by atoms with van der Waals surface area (Å²) in [4.78, 5) is 17.4. The van der Waals surface area contributed by atoms with E-state index in [0.717, 1.165) is 32.5 Å². The van der Waals surface area contributed by atoms with Gasteiger partial charge in [-0.05, 0) is 31.4 Å². The van der Waals surface area contributed by atoms with Gasteiger partial charge in [0.1, 0.15) is 5.82 Å². The minimum atomic E-state index is -0.976. The second-order valence-electron chi connectivity index (χ2n) is 7.15. The molecule has 28 heavy (non-hydrogen) atoms. The summed E-state index contributed by atoms with van der Waals surface area (Å²) in [6.45, 7) is 8.25. The molecule has 0 aliphatic carbocycles. The largest absolute Gasteiger partial charge is 0.478 e. The van der Waals surface area contributed by atoms with Gasteiger partial charge >= 0.3 is 5.97 Å². The Bertz CT molecular complexity index is 918. The zero-order chi connectivity index (χ0) is 20.1. The predicted molar refractivity (Wildman–Crippen MR) is 113 cm³/mol. The monoisotopic (exact) mass is 380 g/mol. The van der Waals surface area contributed by atoms with Gasteiger partial charge in [-0.2, -0.15) is 0 Å². The van der Waals surface area contributed by atoms with Crippen LogP contribution in [0.1, 0.15) is 25.3 Å². The molecule has 0 unspecified atom stereocenters. The van der Waals surface area contributed by atoms with E-state index in [1.807, 2.05) is 0 Å². The predicted octanol–water partition coefficient (Wildman–Crippen LogP) is 3.31. The second kappa shape index (κ2) is 8.89. The number of hydrogen-bond acceptors (Lipinski definition) is 4. The van der Waals surface area contributed by atoms with Gasteiger partial charge in [0.15, 0.2) is 0 Å². The van der Waals surface area contributed by atoms with E-state index in [0.29, 0.717) is 11.9 Å². The van der Waals surface area contributed by atoms with Gasteiger partial charge in [0.05, 0.1) is 5.57 Å². The maximum Gasteiger partial charge on any atom is 0.336 e. The lowest BCUT2D eigenvalue weighted by atomic mass is 10.0. The standard InChI is InChI=1S/C22H28N4O2/c1-4-17(22(27)28)13-23-16(2)26-11-9-19(10-12-26)24-14-18-15-25(3)21-8-6-5-7-20(18)21/h4-8,13,15,19,24H,2,9-12,14H2,1,3H3,(H,27,28)/b17-4+,23-13-. The summed E-state index contributed by atoms with van der Waals surface area (Å²) in [6.07, 6.45) is 7.12. The zero-order valence-corrected chi connectivity index (χ0v) is 16.6. The van der Waals surface area contributed by atoms with Crippen molar-refractivity contribution in [2.75, 3.05) is 13.1 Å². The number of carboxylic acids is 1. The van der Waals surface area contributed by atoms with Crippen molar-refractivity contribution in [1.29, 1.82) is 0 Å². The summed E-state index contributed by atoms with van der Waals surface area (Å²) in [7, 11) is 2.08. The molecule has 6 heteroatoms. The molecule has 148 valence electrons. The summed E-state index contributed by atoms with van der Waals surface area (Å²) in [5, 5.41) is 14.0. The minimum Gasteiger partial charge on any atom is -0.478 e. The molecular formula is C22H28N4O2. The fourth-order valence-electron chi connectivity index (χ4n) is 3.64. The number of carboxylic acid groups (broad SMARTS) is 1. The lowest BCUT2D eigenvalue weighted by Gasteiger charge is -2.33. The normalized spacial score (nSPS) is 16.2. The molecule has 0 atom stereocenters. The fraction of sp³-hybridized carbons (Fsp3) is 0.364. The summed E-state index contributed by atoms with van der Waals surface area (Å²) >= 11 is 0. The summed E-state index contributed by atoms with van der Waals surface area (Å²) in [5.74, 6) is -0.358. The lowest BCUT2D eigenvalue weighted by molar-refractivity contribution is -0.132. The molecule has 6 nitrogen and oxygen atoms in total. The van der Waals surface area contributed by atoms with Crippen molar-refractivity contribution in [3.63, 3.8) is 0 Å². The number of aryl methyl sites for hydroxylation is 1. The Kier molecular flexibility index (Phi) is 6.31. The number of hydrogen-bond donors (Lipinski definition) is 2. The molecule has 0 bridgehead atoms. The SMILES string of the molecule is C=C(/N=C\C(=C/C)C(=O)O)N1CCC(NCc2cn(C)c3ccccc23)CC1. The Morgan fingerprint density at radius 1 is 1.36 bits per heavy atom. The summed E-state index contributed by atoms with van der Waals surface area (Å²) < 4.78 is 2.17. The Hall–Kier alpha value is -2.86. The van der Waals surface area contributed by atoms with Crippen LogP contribution in [0, 0.1) is 0 Å². The molecule has 1 aromatic carbocycles. The smallest absolute Gasteiger partial charge is 0.336 e. The summed E-state index contributed by atoms with van der Waals surface area (Å²) in [6, 6.07) is 8.93. The third-order valence-corrected chi connectivity index (χ3v) is 5.33. The van der Waals surface area contributed by atoms with Crippen molar-refractivity contribution in [2.45, 2.75) is 32.4 Å². The number of carbonyl (C=O) groups is 1. The van der Waals surface area contributed by atoms with Crippen molar-refractivity contribution in [3.8, 4) is 0 Å². The van der Waals surface area contributed by atoms with Gasteiger partial charge in [0.25, 0.3) is 0 Å². The number of fused-ring (bicyclic) bond motifs is 1. The first-order valence-electron chi connectivity index (χ1n) is 9.63. The number of likely N-dealkylation sites (tertiary alicyclic amines) is 1.